The Labute approximate surface area is 116 Å². The molecule has 0 bridgehead atoms. The van der Waals surface area contributed by atoms with Crippen LogP contribution in [0, 0.1) is 5.92 Å². The smallest absolute Gasteiger partial charge is 0.222 e. The molecule has 2 fully saturated rings. The highest BCUT2D eigenvalue weighted by molar-refractivity contribution is 5.76. The number of carbonyl (C=O) groups is 1. The van der Waals surface area contributed by atoms with Crippen LogP contribution < -0.4 is 0 Å². The molecular weight excluding hydrogens is 242 g/mol. The lowest BCUT2D eigenvalue weighted by Crippen LogP contribution is -2.54. The summed E-state index contributed by atoms with van der Waals surface area (Å²) >= 11 is 0. The van der Waals surface area contributed by atoms with Gasteiger partial charge in [0.1, 0.15) is 0 Å². The Morgan fingerprint density at radius 1 is 1.42 bits per heavy atom. The fourth-order valence-electron chi connectivity index (χ4n) is 3.43. The third-order valence-corrected chi connectivity index (χ3v) is 4.66. The molecule has 0 spiro atoms. The summed E-state index contributed by atoms with van der Waals surface area (Å²) in [7, 11) is 0. The van der Waals surface area contributed by atoms with Crippen molar-refractivity contribution in [3.63, 3.8) is 0 Å². The van der Waals surface area contributed by atoms with E-state index in [2.05, 4.69) is 0 Å². The summed E-state index contributed by atoms with van der Waals surface area (Å²) in [4.78, 5) is 14.1. The molecule has 110 valence electrons. The van der Waals surface area contributed by atoms with Crippen molar-refractivity contribution in [1.29, 1.82) is 0 Å². The van der Waals surface area contributed by atoms with Gasteiger partial charge in [-0.05, 0) is 32.6 Å². The molecule has 1 heterocycles. The molecule has 4 heteroatoms. The molecule has 0 aromatic carbocycles. The van der Waals surface area contributed by atoms with Gasteiger partial charge in [0.25, 0.3) is 0 Å². The van der Waals surface area contributed by atoms with Crippen molar-refractivity contribution in [2.45, 2.75) is 57.5 Å². The maximum absolute atomic E-state index is 12.1. The lowest BCUT2D eigenvalue weighted by molar-refractivity contribution is -0.143. The molecule has 1 saturated heterocycles. The number of aliphatic hydroxyl groups is 1. The zero-order valence-electron chi connectivity index (χ0n) is 12.1. The first kappa shape index (κ1) is 14.8. The predicted molar refractivity (Wildman–Crippen MR) is 73.8 cm³/mol. The molecule has 1 saturated carbocycles. The van der Waals surface area contributed by atoms with Gasteiger partial charge >= 0.3 is 0 Å². The lowest BCUT2D eigenvalue weighted by Gasteiger charge is -2.47. The first-order valence-corrected chi connectivity index (χ1v) is 7.73. The number of ether oxygens (including phenoxy) is 1. The van der Waals surface area contributed by atoms with Crippen LogP contribution in [0.1, 0.15) is 51.9 Å². The summed E-state index contributed by atoms with van der Waals surface area (Å²) in [5.41, 5.74) is -0.486. The summed E-state index contributed by atoms with van der Waals surface area (Å²) < 4.78 is 5.26. The lowest BCUT2D eigenvalue weighted by atomic mass is 9.71. The number of hydrogen-bond acceptors (Lipinski definition) is 3. The molecule has 2 unspecified atom stereocenters. The average Bonchev–Trinajstić information content (AvgIpc) is 2.42. The minimum absolute atomic E-state index is 0.229. The first-order valence-electron chi connectivity index (χ1n) is 7.73. The summed E-state index contributed by atoms with van der Waals surface area (Å²) in [6.45, 7) is 4.83. The Kier molecular flexibility index (Phi) is 5.22. The van der Waals surface area contributed by atoms with Crippen LogP contribution >= 0.6 is 0 Å². The van der Waals surface area contributed by atoms with Crippen molar-refractivity contribution in [2.24, 2.45) is 5.92 Å². The van der Waals surface area contributed by atoms with Crippen LogP contribution in [0.4, 0.5) is 0 Å². The van der Waals surface area contributed by atoms with Gasteiger partial charge in [-0.3, -0.25) is 4.79 Å². The number of amides is 1. The second-order valence-electron chi connectivity index (χ2n) is 5.94. The molecule has 0 aromatic heterocycles. The quantitative estimate of drug-likeness (QED) is 0.776. The Balaban J connectivity index is 1.78. The normalized spacial score (nSPS) is 31.1. The van der Waals surface area contributed by atoms with Crippen molar-refractivity contribution in [2.75, 3.05) is 26.3 Å². The third-order valence-electron chi connectivity index (χ3n) is 4.66. The fraction of sp³-hybridized carbons (Fsp3) is 0.933. The average molecular weight is 269 g/mol. The zero-order valence-corrected chi connectivity index (χ0v) is 12.1. The number of carbonyl (C=O) groups excluding carboxylic acids is 1. The van der Waals surface area contributed by atoms with Crippen molar-refractivity contribution >= 4 is 5.91 Å². The Morgan fingerprint density at radius 2 is 2.26 bits per heavy atom. The summed E-state index contributed by atoms with van der Waals surface area (Å²) in [6.07, 6.45) is 6.45. The Hall–Kier alpha value is -0.610. The van der Waals surface area contributed by atoms with E-state index < -0.39 is 5.60 Å². The number of nitrogens with zero attached hydrogens (tertiary/aromatic N) is 1. The molecule has 1 amide bonds. The molecule has 0 radical (unpaired) electrons. The van der Waals surface area contributed by atoms with Crippen LogP contribution in [0.25, 0.3) is 0 Å². The molecule has 0 aromatic rings. The number of rotatable bonds is 5. The van der Waals surface area contributed by atoms with Gasteiger partial charge in [-0.2, -0.15) is 0 Å². The van der Waals surface area contributed by atoms with Crippen LogP contribution in [0.3, 0.4) is 0 Å². The molecule has 1 aliphatic heterocycles. The second kappa shape index (κ2) is 6.71. The van der Waals surface area contributed by atoms with E-state index in [1.807, 2.05) is 11.8 Å². The highest BCUT2D eigenvalue weighted by Crippen LogP contribution is 2.39. The zero-order chi connectivity index (χ0) is 13.7. The maximum Gasteiger partial charge on any atom is 0.222 e. The Bertz CT molecular complexity index is 308. The predicted octanol–water partition coefficient (Wildman–Crippen LogP) is 1.96. The van der Waals surface area contributed by atoms with E-state index in [-0.39, 0.29) is 5.91 Å². The van der Waals surface area contributed by atoms with Crippen molar-refractivity contribution in [3.8, 4) is 0 Å². The first-order chi connectivity index (χ1) is 9.15. The topological polar surface area (TPSA) is 49.8 Å². The number of likely N-dealkylation sites (tertiary alicyclic amines) is 1. The van der Waals surface area contributed by atoms with Gasteiger partial charge in [0.05, 0.1) is 5.60 Å². The summed E-state index contributed by atoms with van der Waals surface area (Å²) in [6, 6.07) is 0. The van der Waals surface area contributed by atoms with Crippen LogP contribution in [0.15, 0.2) is 0 Å². The molecule has 2 atom stereocenters. The summed E-state index contributed by atoms with van der Waals surface area (Å²) in [5, 5.41) is 10.6. The third kappa shape index (κ3) is 3.69. The van der Waals surface area contributed by atoms with E-state index in [9.17, 15) is 9.90 Å². The van der Waals surface area contributed by atoms with Gasteiger partial charge < -0.3 is 14.7 Å². The van der Waals surface area contributed by atoms with E-state index in [0.717, 1.165) is 45.2 Å². The highest BCUT2D eigenvalue weighted by Gasteiger charge is 2.43. The highest BCUT2D eigenvalue weighted by atomic mass is 16.5. The number of piperidine rings is 1. The van der Waals surface area contributed by atoms with Gasteiger partial charge in [0.2, 0.25) is 5.91 Å². The minimum atomic E-state index is -0.486. The van der Waals surface area contributed by atoms with E-state index in [1.54, 1.807) is 0 Å². The second-order valence-corrected chi connectivity index (χ2v) is 5.94. The van der Waals surface area contributed by atoms with Gasteiger partial charge in [-0.15, -0.1) is 0 Å². The maximum atomic E-state index is 12.1. The minimum Gasteiger partial charge on any atom is -0.389 e. The van der Waals surface area contributed by atoms with E-state index in [1.165, 1.54) is 6.42 Å². The largest absolute Gasteiger partial charge is 0.389 e. The Morgan fingerprint density at radius 3 is 3.05 bits per heavy atom. The van der Waals surface area contributed by atoms with Gasteiger partial charge in [0.15, 0.2) is 0 Å². The molecule has 4 nitrogen and oxygen atoms in total. The standard InChI is InChI=1S/C15H27NO3/c1-2-19-11-5-7-14(17)16-10-9-15(18)8-4-3-6-13(15)12-16/h13,18H,2-12H2,1H3. The van der Waals surface area contributed by atoms with Crippen LogP contribution in [-0.2, 0) is 9.53 Å². The van der Waals surface area contributed by atoms with E-state index in [4.69, 9.17) is 4.74 Å². The number of fused-ring (bicyclic) bond motifs is 1. The SMILES string of the molecule is CCOCCCC(=O)N1CCC2(O)CCCCC2C1. The van der Waals surface area contributed by atoms with Crippen LogP contribution in [-0.4, -0.2) is 47.8 Å². The number of hydrogen-bond donors (Lipinski definition) is 1. The molecule has 2 rings (SSSR count). The van der Waals surface area contributed by atoms with E-state index in [0.29, 0.717) is 25.6 Å². The molecular formula is C15H27NO3. The van der Waals surface area contributed by atoms with E-state index >= 15 is 0 Å². The molecule has 19 heavy (non-hydrogen) atoms. The molecule has 1 aliphatic carbocycles. The van der Waals surface area contributed by atoms with Crippen LogP contribution in [0.2, 0.25) is 0 Å². The van der Waals surface area contributed by atoms with Gasteiger partial charge in [-0.25, -0.2) is 0 Å². The van der Waals surface area contributed by atoms with Crippen LogP contribution in [0.5, 0.6) is 0 Å². The summed E-state index contributed by atoms with van der Waals surface area (Å²) in [5.74, 6) is 0.526. The van der Waals surface area contributed by atoms with Crippen molar-refractivity contribution in [3.05, 3.63) is 0 Å². The molecule has 1 N–H and O–H groups in total. The van der Waals surface area contributed by atoms with Crippen molar-refractivity contribution < 1.29 is 14.6 Å². The van der Waals surface area contributed by atoms with Crippen molar-refractivity contribution in [1.82, 2.24) is 4.90 Å². The van der Waals surface area contributed by atoms with Gasteiger partial charge in [-0.1, -0.05) is 12.8 Å². The molecule has 2 aliphatic rings. The van der Waals surface area contributed by atoms with Gasteiger partial charge in [0, 0.05) is 38.6 Å². The fourth-order valence-corrected chi connectivity index (χ4v) is 3.43. The monoisotopic (exact) mass is 269 g/mol.